The number of anilines is 1. The molecule has 5 rings (SSSR count). The normalized spacial score (nSPS) is 36.5. The molecule has 3 nitrogen and oxygen atoms in total. The van der Waals surface area contributed by atoms with Crippen molar-refractivity contribution in [2.45, 2.75) is 26.7 Å². The van der Waals surface area contributed by atoms with Gasteiger partial charge in [0.15, 0.2) is 0 Å². The van der Waals surface area contributed by atoms with Crippen LogP contribution in [0.1, 0.15) is 24.0 Å². The van der Waals surface area contributed by atoms with Gasteiger partial charge in [-0.15, -0.1) is 0 Å². The van der Waals surface area contributed by atoms with Crippen molar-refractivity contribution in [2.24, 2.45) is 29.1 Å². The summed E-state index contributed by atoms with van der Waals surface area (Å²) in [6, 6.07) is 5.94. The second-order valence-electron chi connectivity index (χ2n) is 7.52. The molecular formula is C19H19NO2. The Balaban J connectivity index is 1.59. The lowest BCUT2D eigenvalue weighted by atomic mass is 9.85. The average molecular weight is 293 g/mol. The zero-order valence-electron chi connectivity index (χ0n) is 12.9. The first kappa shape index (κ1) is 12.6. The van der Waals surface area contributed by atoms with Gasteiger partial charge in [0, 0.05) is 0 Å². The van der Waals surface area contributed by atoms with Crippen LogP contribution in [0.5, 0.6) is 0 Å². The number of imide groups is 1. The summed E-state index contributed by atoms with van der Waals surface area (Å²) in [6.07, 6.45) is 6.81. The molecule has 1 aliphatic heterocycles. The lowest BCUT2D eigenvalue weighted by molar-refractivity contribution is -0.123. The number of rotatable bonds is 1. The number of hydrogen-bond acceptors (Lipinski definition) is 2. The van der Waals surface area contributed by atoms with Gasteiger partial charge in [0.25, 0.3) is 0 Å². The summed E-state index contributed by atoms with van der Waals surface area (Å²) >= 11 is 0. The Kier molecular flexibility index (Phi) is 2.13. The smallest absolute Gasteiger partial charge is 0.238 e. The van der Waals surface area contributed by atoms with E-state index in [4.69, 9.17) is 0 Å². The standard InChI is InChI=1S/C19H19NO2/c1-10-3-6-14(11(2)9-10)20-17(21)15-12-4-5-13(16(15)18(20)22)19(12)7-8-19/h3-6,9,12-13,15-16H,7-8H2,1-2H3. The summed E-state index contributed by atoms with van der Waals surface area (Å²) in [4.78, 5) is 27.5. The molecule has 0 radical (unpaired) electrons. The predicted molar refractivity (Wildman–Crippen MR) is 83.2 cm³/mol. The number of nitrogens with zero attached hydrogens (tertiary/aromatic N) is 1. The molecule has 3 heteroatoms. The number of benzene rings is 1. The maximum Gasteiger partial charge on any atom is 0.238 e. The van der Waals surface area contributed by atoms with E-state index in [2.05, 4.69) is 12.2 Å². The van der Waals surface area contributed by atoms with Gasteiger partial charge in [-0.05, 0) is 55.6 Å². The Morgan fingerprint density at radius 2 is 1.59 bits per heavy atom. The van der Waals surface area contributed by atoms with Gasteiger partial charge in [-0.2, -0.15) is 0 Å². The molecule has 1 heterocycles. The quantitative estimate of drug-likeness (QED) is 0.589. The fourth-order valence-electron chi connectivity index (χ4n) is 5.37. The molecule has 0 aromatic heterocycles. The summed E-state index contributed by atoms with van der Waals surface area (Å²) < 4.78 is 0. The molecule has 1 aromatic rings. The third-order valence-corrected chi connectivity index (χ3v) is 6.45. The summed E-state index contributed by atoms with van der Waals surface area (Å²) in [5, 5.41) is 0. The minimum atomic E-state index is -0.106. The Hall–Kier alpha value is -1.90. The number of amides is 2. The number of hydrogen-bond donors (Lipinski definition) is 0. The first-order valence-corrected chi connectivity index (χ1v) is 8.18. The van der Waals surface area contributed by atoms with Gasteiger partial charge < -0.3 is 0 Å². The topological polar surface area (TPSA) is 37.4 Å². The van der Waals surface area contributed by atoms with Crippen molar-refractivity contribution in [3.05, 3.63) is 41.5 Å². The molecule has 2 saturated carbocycles. The molecule has 2 bridgehead atoms. The van der Waals surface area contributed by atoms with Crippen molar-refractivity contribution in [2.75, 3.05) is 4.90 Å². The minimum Gasteiger partial charge on any atom is -0.274 e. The Morgan fingerprint density at radius 3 is 2.09 bits per heavy atom. The van der Waals surface area contributed by atoms with Crippen LogP contribution in [0.4, 0.5) is 5.69 Å². The van der Waals surface area contributed by atoms with Gasteiger partial charge in [-0.25, -0.2) is 4.90 Å². The van der Waals surface area contributed by atoms with E-state index in [1.165, 1.54) is 17.7 Å². The molecule has 112 valence electrons. The monoisotopic (exact) mass is 293 g/mol. The van der Waals surface area contributed by atoms with E-state index < -0.39 is 0 Å². The summed E-state index contributed by atoms with van der Waals surface area (Å²) in [5.74, 6) is 0.455. The Bertz CT molecular complexity index is 725. The fraction of sp³-hybridized carbons (Fsp3) is 0.474. The van der Waals surface area contributed by atoms with E-state index in [0.29, 0.717) is 11.8 Å². The summed E-state index contributed by atoms with van der Waals surface area (Å²) in [5.41, 5.74) is 3.20. The van der Waals surface area contributed by atoms with Crippen molar-refractivity contribution in [1.82, 2.24) is 0 Å². The lowest BCUT2D eigenvalue weighted by Gasteiger charge is -2.23. The van der Waals surface area contributed by atoms with Gasteiger partial charge in [0.1, 0.15) is 0 Å². The van der Waals surface area contributed by atoms with Gasteiger partial charge in [0.05, 0.1) is 17.5 Å². The highest BCUT2D eigenvalue weighted by molar-refractivity contribution is 6.23. The van der Waals surface area contributed by atoms with Gasteiger partial charge in [-0.1, -0.05) is 29.8 Å². The summed E-state index contributed by atoms with van der Waals surface area (Å²) in [6.45, 7) is 4.01. The van der Waals surface area contributed by atoms with Gasteiger partial charge >= 0.3 is 0 Å². The second kappa shape index (κ2) is 3.70. The van der Waals surface area contributed by atoms with Crippen LogP contribution >= 0.6 is 0 Å². The Morgan fingerprint density at radius 1 is 1.00 bits per heavy atom. The molecule has 0 N–H and O–H groups in total. The van der Waals surface area contributed by atoms with Crippen LogP contribution in [0.2, 0.25) is 0 Å². The molecule has 2 amide bonds. The number of fused-ring (bicyclic) bond motifs is 3. The summed E-state index contributed by atoms with van der Waals surface area (Å²) in [7, 11) is 0. The van der Waals surface area contributed by atoms with Crippen LogP contribution in [0, 0.1) is 42.9 Å². The Labute approximate surface area is 130 Å². The molecule has 4 unspecified atom stereocenters. The first-order valence-electron chi connectivity index (χ1n) is 8.18. The molecule has 4 aliphatic rings. The zero-order chi connectivity index (χ0) is 15.2. The van der Waals surface area contributed by atoms with E-state index >= 15 is 0 Å². The fourth-order valence-corrected chi connectivity index (χ4v) is 5.37. The maximum absolute atomic E-state index is 13.0. The SMILES string of the molecule is Cc1ccc(N2C(=O)C3C(C2=O)C2C=CC3C23CC3)c(C)c1. The molecule has 1 spiro atoms. The predicted octanol–water partition coefficient (Wildman–Crippen LogP) is 3.01. The molecular weight excluding hydrogens is 274 g/mol. The van der Waals surface area contributed by atoms with E-state index in [1.54, 1.807) is 0 Å². The van der Waals surface area contributed by atoms with Crippen LogP contribution in [0.15, 0.2) is 30.4 Å². The zero-order valence-corrected chi connectivity index (χ0v) is 12.9. The van der Waals surface area contributed by atoms with Gasteiger partial charge in [-0.3, -0.25) is 9.59 Å². The van der Waals surface area contributed by atoms with E-state index in [9.17, 15) is 9.59 Å². The minimum absolute atomic E-state index is 0.0325. The molecule has 3 fully saturated rings. The van der Waals surface area contributed by atoms with E-state index in [-0.39, 0.29) is 29.1 Å². The van der Waals surface area contributed by atoms with Crippen LogP contribution in [0.25, 0.3) is 0 Å². The largest absolute Gasteiger partial charge is 0.274 e. The number of carbonyl (C=O) groups excluding carboxylic acids is 2. The molecule has 1 saturated heterocycles. The van der Waals surface area contributed by atoms with Crippen LogP contribution < -0.4 is 4.90 Å². The van der Waals surface area contributed by atoms with Crippen molar-refractivity contribution < 1.29 is 9.59 Å². The average Bonchev–Trinajstić information content (AvgIpc) is 3.07. The van der Waals surface area contributed by atoms with Crippen molar-refractivity contribution in [1.29, 1.82) is 0 Å². The third-order valence-electron chi connectivity index (χ3n) is 6.45. The van der Waals surface area contributed by atoms with E-state index in [0.717, 1.165) is 16.8 Å². The van der Waals surface area contributed by atoms with Crippen LogP contribution in [-0.2, 0) is 9.59 Å². The lowest BCUT2D eigenvalue weighted by Crippen LogP contribution is -2.35. The van der Waals surface area contributed by atoms with Crippen molar-refractivity contribution in [3.63, 3.8) is 0 Å². The maximum atomic E-state index is 13.0. The molecule has 3 aliphatic carbocycles. The van der Waals surface area contributed by atoms with Crippen LogP contribution in [-0.4, -0.2) is 11.8 Å². The highest BCUT2D eigenvalue weighted by Gasteiger charge is 2.73. The molecule has 22 heavy (non-hydrogen) atoms. The second-order valence-corrected chi connectivity index (χ2v) is 7.52. The molecule has 4 atom stereocenters. The van der Waals surface area contributed by atoms with Crippen molar-refractivity contribution >= 4 is 17.5 Å². The molecule has 1 aromatic carbocycles. The number of carbonyl (C=O) groups is 2. The van der Waals surface area contributed by atoms with Crippen LogP contribution in [0.3, 0.4) is 0 Å². The number of allylic oxidation sites excluding steroid dienone is 2. The number of aryl methyl sites for hydroxylation is 2. The third kappa shape index (κ3) is 1.25. The first-order chi connectivity index (χ1) is 10.5. The van der Waals surface area contributed by atoms with E-state index in [1.807, 2.05) is 32.0 Å². The highest BCUT2D eigenvalue weighted by atomic mass is 16.2. The highest BCUT2D eigenvalue weighted by Crippen LogP contribution is 2.73. The van der Waals surface area contributed by atoms with Gasteiger partial charge in [0.2, 0.25) is 11.8 Å². The van der Waals surface area contributed by atoms with Crippen molar-refractivity contribution in [3.8, 4) is 0 Å².